The summed E-state index contributed by atoms with van der Waals surface area (Å²) in [6.07, 6.45) is 7.79. The van der Waals surface area contributed by atoms with Crippen LogP contribution in [0.4, 0.5) is 0 Å². The van der Waals surface area contributed by atoms with Gasteiger partial charge in [0.25, 0.3) is 0 Å². The largest absolute Gasteiger partial charge is 0.0610 e. The summed E-state index contributed by atoms with van der Waals surface area (Å²) < 4.78 is 0. The fraction of sp³-hybridized carbons (Fsp3) is 0.154. The van der Waals surface area contributed by atoms with Crippen molar-refractivity contribution in [1.29, 1.82) is 0 Å². The number of hydrogen-bond acceptors (Lipinski definition) is 0. The van der Waals surface area contributed by atoms with Gasteiger partial charge in [-0.1, -0.05) is 134 Å². The van der Waals surface area contributed by atoms with Crippen molar-refractivity contribution in [2.24, 2.45) is 0 Å². The van der Waals surface area contributed by atoms with E-state index in [1.54, 1.807) is 11.1 Å². The Bertz CT molecular complexity index is 2920. The molecule has 0 aromatic heterocycles. The number of fused-ring (bicyclic) bond motifs is 3. The van der Waals surface area contributed by atoms with Crippen molar-refractivity contribution < 1.29 is 0 Å². The summed E-state index contributed by atoms with van der Waals surface area (Å²) >= 11 is 0. The average Bonchev–Trinajstić information content (AvgIpc) is 3.77. The summed E-state index contributed by atoms with van der Waals surface area (Å²) in [7, 11) is 0. The smallest absolute Gasteiger partial charge is 0.00564 e. The van der Waals surface area contributed by atoms with Gasteiger partial charge < -0.3 is 0 Å². The van der Waals surface area contributed by atoms with E-state index in [1.165, 1.54) is 137 Å². The quantitative estimate of drug-likeness (QED) is 0.162. The first-order valence-corrected chi connectivity index (χ1v) is 19.3. The van der Waals surface area contributed by atoms with Crippen molar-refractivity contribution in [1.82, 2.24) is 0 Å². The third kappa shape index (κ3) is 3.27. The first-order valence-electron chi connectivity index (χ1n) is 19.3. The topological polar surface area (TPSA) is 0 Å². The maximum Gasteiger partial charge on any atom is 0.00564 e. The molecule has 3 aliphatic rings. The Hall–Kier alpha value is -5.72. The molecule has 244 valence electrons. The van der Waals surface area contributed by atoms with Gasteiger partial charge in [-0.25, -0.2) is 0 Å². The van der Waals surface area contributed by atoms with Crippen LogP contribution in [0, 0.1) is 0 Å². The Morgan fingerprint density at radius 2 is 0.692 bits per heavy atom. The highest BCUT2D eigenvalue weighted by Gasteiger charge is 2.62. The van der Waals surface area contributed by atoms with Crippen LogP contribution in [0.1, 0.15) is 49.7 Å². The Morgan fingerprint density at radius 3 is 1.13 bits per heavy atom. The Balaban J connectivity index is 1.05. The summed E-state index contributed by atoms with van der Waals surface area (Å²) in [5, 5.41) is 16.4. The van der Waals surface area contributed by atoms with Crippen LogP contribution in [-0.2, 0) is 10.8 Å². The molecule has 0 N–H and O–H groups in total. The minimum atomic E-state index is 0.197. The van der Waals surface area contributed by atoms with Gasteiger partial charge in [-0.3, -0.25) is 0 Å². The van der Waals surface area contributed by atoms with Crippen molar-refractivity contribution in [2.75, 3.05) is 0 Å². The standard InChI is InChI=1S/C52H36/c1-7-31-15-17-33-9-3-13-41-43(27-37(11-1)47(31)49(33)41)35-19-21-39-40-22-20-36(30-46(40)52-25-5-23-51(52,24-6-26-52)45(39)29-35)44-28-38-12-2-8-32-16-18-34-10-4-14-42(44)50(34)48(32)38/h1-4,7-22,27-30H,5-6,23-26H2. The predicted octanol–water partition coefficient (Wildman–Crippen LogP) is 14.3. The summed E-state index contributed by atoms with van der Waals surface area (Å²) in [6, 6.07) is 56.6. The normalized spacial score (nSPS) is 20.8. The number of rotatable bonds is 2. The van der Waals surface area contributed by atoms with Crippen LogP contribution in [0.2, 0.25) is 0 Å². The van der Waals surface area contributed by atoms with Gasteiger partial charge in [0.15, 0.2) is 0 Å². The molecule has 0 atom stereocenters. The zero-order valence-electron chi connectivity index (χ0n) is 29.1. The summed E-state index contributed by atoms with van der Waals surface area (Å²) in [6.45, 7) is 0. The van der Waals surface area contributed by atoms with E-state index in [0.29, 0.717) is 0 Å². The molecule has 52 heavy (non-hydrogen) atoms. The second kappa shape index (κ2) is 9.58. The van der Waals surface area contributed by atoms with Gasteiger partial charge in [-0.2, -0.15) is 0 Å². The summed E-state index contributed by atoms with van der Waals surface area (Å²) in [4.78, 5) is 0. The van der Waals surface area contributed by atoms with Crippen molar-refractivity contribution in [2.45, 2.75) is 49.4 Å². The molecule has 0 saturated heterocycles. The van der Waals surface area contributed by atoms with Crippen molar-refractivity contribution in [3.63, 3.8) is 0 Å². The Labute approximate surface area is 303 Å². The highest BCUT2D eigenvalue weighted by Crippen LogP contribution is 2.69. The Morgan fingerprint density at radius 1 is 0.308 bits per heavy atom. The maximum absolute atomic E-state index is 2.65. The van der Waals surface area contributed by atoms with E-state index in [0.717, 1.165) is 0 Å². The maximum atomic E-state index is 2.65. The Kier molecular flexibility index (Phi) is 5.15. The zero-order chi connectivity index (χ0) is 33.8. The SMILES string of the molecule is c1cc2ccc3cccc4c(-c5ccc6c(c5)C57CCCC5(CCC7)c5cc(-c7cc8cccc9ccc%10cccc7c%10c98)ccc5-6)cc(c1)c2c34. The van der Waals surface area contributed by atoms with E-state index >= 15 is 0 Å². The molecular formula is C52H36. The molecule has 13 rings (SSSR count). The van der Waals surface area contributed by atoms with Crippen LogP contribution in [0.15, 0.2) is 146 Å². The van der Waals surface area contributed by atoms with Crippen LogP contribution in [0.5, 0.6) is 0 Å². The van der Waals surface area contributed by atoms with E-state index in [-0.39, 0.29) is 10.8 Å². The van der Waals surface area contributed by atoms with E-state index in [1.807, 2.05) is 0 Å². The molecule has 0 unspecified atom stereocenters. The molecule has 10 aromatic carbocycles. The molecule has 10 aromatic rings. The highest BCUT2D eigenvalue weighted by molar-refractivity contribution is 6.27. The minimum absolute atomic E-state index is 0.197. The fourth-order valence-corrected chi connectivity index (χ4v) is 12.3. The third-order valence-corrected chi connectivity index (χ3v) is 14.3. The van der Waals surface area contributed by atoms with Gasteiger partial charge in [-0.05, 0) is 159 Å². The molecule has 0 radical (unpaired) electrons. The van der Waals surface area contributed by atoms with Crippen LogP contribution in [-0.4, -0.2) is 0 Å². The molecule has 0 heterocycles. The second-order valence-electron chi connectivity index (χ2n) is 16.3. The minimum Gasteiger partial charge on any atom is -0.0610 e. The lowest BCUT2D eigenvalue weighted by atomic mass is 9.55. The number of hydrogen-bond donors (Lipinski definition) is 0. The number of benzene rings is 10. The van der Waals surface area contributed by atoms with Gasteiger partial charge in [0.2, 0.25) is 0 Å². The molecule has 0 nitrogen and oxygen atoms in total. The van der Waals surface area contributed by atoms with Gasteiger partial charge in [0.05, 0.1) is 0 Å². The third-order valence-electron chi connectivity index (χ3n) is 14.3. The second-order valence-corrected chi connectivity index (χ2v) is 16.3. The first kappa shape index (κ1) is 27.9. The lowest BCUT2D eigenvalue weighted by Gasteiger charge is -2.48. The average molecular weight is 661 g/mol. The monoisotopic (exact) mass is 660 g/mol. The molecule has 2 saturated carbocycles. The lowest BCUT2D eigenvalue weighted by Crippen LogP contribution is -2.43. The fourth-order valence-electron chi connectivity index (χ4n) is 12.3. The van der Waals surface area contributed by atoms with E-state index in [9.17, 15) is 0 Å². The molecule has 0 spiro atoms. The van der Waals surface area contributed by atoms with Crippen LogP contribution in [0.3, 0.4) is 0 Å². The molecule has 0 heteroatoms. The van der Waals surface area contributed by atoms with E-state index < -0.39 is 0 Å². The summed E-state index contributed by atoms with van der Waals surface area (Å²) in [5.41, 5.74) is 12.0. The molecule has 3 aliphatic carbocycles. The van der Waals surface area contributed by atoms with Gasteiger partial charge in [0, 0.05) is 10.8 Å². The summed E-state index contributed by atoms with van der Waals surface area (Å²) in [5.74, 6) is 0. The van der Waals surface area contributed by atoms with Crippen LogP contribution < -0.4 is 0 Å². The highest BCUT2D eigenvalue weighted by atomic mass is 14.6. The molecule has 0 aliphatic heterocycles. The van der Waals surface area contributed by atoms with Crippen LogP contribution in [0.25, 0.3) is 98.0 Å². The van der Waals surface area contributed by atoms with Crippen molar-refractivity contribution in [3.8, 4) is 33.4 Å². The van der Waals surface area contributed by atoms with Gasteiger partial charge in [-0.15, -0.1) is 0 Å². The van der Waals surface area contributed by atoms with Crippen molar-refractivity contribution in [3.05, 3.63) is 157 Å². The van der Waals surface area contributed by atoms with Crippen LogP contribution >= 0.6 is 0 Å². The van der Waals surface area contributed by atoms with Crippen molar-refractivity contribution >= 4 is 64.6 Å². The first-order chi connectivity index (χ1) is 25.7. The lowest BCUT2D eigenvalue weighted by molar-refractivity contribution is 0.299. The molecule has 0 amide bonds. The molecule has 2 fully saturated rings. The zero-order valence-corrected chi connectivity index (χ0v) is 29.1. The van der Waals surface area contributed by atoms with E-state index in [2.05, 4.69) is 146 Å². The van der Waals surface area contributed by atoms with E-state index in [4.69, 9.17) is 0 Å². The molecular weight excluding hydrogens is 625 g/mol. The van der Waals surface area contributed by atoms with Gasteiger partial charge in [0.1, 0.15) is 0 Å². The molecule has 0 bridgehead atoms. The predicted molar refractivity (Wildman–Crippen MR) is 221 cm³/mol. The van der Waals surface area contributed by atoms with Gasteiger partial charge >= 0.3 is 0 Å².